The summed E-state index contributed by atoms with van der Waals surface area (Å²) < 4.78 is 4.58. The van der Waals surface area contributed by atoms with E-state index < -0.39 is 6.09 Å². The van der Waals surface area contributed by atoms with Crippen molar-refractivity contribution in [3.63, 3.8) is 0 Å². The first-order chi connectivity index (χ1) is 10.0. The molecule has 2 rings (SSSR count). The van der Waals surface area contributed by atoms with Gasteiger partial charge in [0.05, 0.1) is 7.11 Å². The fraction of sp³-hybridized carbons (Fsp3) is 0.176. The van der Waals surface area contributed by atoms with Gasteiger partial charge in [0, 0.05) is 16.8 Å². The summed E-state index contributed by atoms with van der Waals surface area (Å²) in [6.07, 6.45) is -0.528. The van der Waals surface area contributed by atoms with Gasteiger partial charge in [-0.15, -0.1) is 0 Å². The van der Waals surface area contributed by atoms with Crippen LogP contribution >= 0.6 is 0 Å². The number of hydrogen-bond donors (Lipinski definition) is 1. The highest BCUT2D eigenvalue weighted by Crippen LogP contribution is 2.23. The molecule has 0 saturated carbocycles. The summed E-state index contributed by atoms with van der Waals surface area (Å²) in [4.78, 5) is 23.8. The van der Waals surface area contributed by atoms with Crippen LogP contribution in [0.5, 0.6) is 0 Å². The van der Waals surface area contributed by atoms with Gasteiger partial charge in [-0.2, -0.15) is 0 Å². The molecule has 1 amide bonds. The summed E-state index contributed by atoms with van der Waals surface area (Å²) in [7, 11) is 1.31. The number of anilines is 1. The van der Waals surface area contributed by atoms with Crippen molar-refractivity contribution in [3.8, 4) is 0 Å². The largest absolute Gasteiger partial charge is 0.453 e. The molecule has 1 N–H and O–H groups in total. The highest BCUT2D eigenvalue weighted by Gasteiger charge is 2.14. The maximum atomic E-state index is 12.5. The highest BCUT2D eigenvalue weighted by atomic mass is 16.5. The van der Waals surface area contributed by atoms with Crippen LogP contribution < -0.4 is 5.32 Å². The Bertz CT molecular complexity index is 678. The van der Waals surface area contributed by atoms with Crippen LogP contribution in [0.1, 0.15) is 27.0 Å². The van der Waals surface area contributed by atoms with Gasteiger partial charge in [0.1, 0.15) is 0 Å². The molecule has 4 nitrogen and oxygen atoms in total. The number of methoxy groups -OCH3 is 1. The van der Waals surface area contributed by atoms with Crippen molar-refractivity contribution in [1.29, 1.82) is 0 Å². The first-order valence-corrected chi connectivity index (χ1v) is 6.59. The molecule has 0 spiro atoms. The lowest BCUT2D eigenvalue weighted by molar-refractivity contribution is 0.103. The van der Waals surface area contributed by atoms with E-state index in [0.717, 1.165) is 11.1 Å². The van der Waals surface area contributed by atoms with Crippen LogP contribution in [0, 0.1) is 13.8 Å². The van der Waals surface area contributed by atoms with Crippen LogP contribution in [-0.2, 0) is 4.74 Å². The van der Waals surface area contributed by atoms with Crippen molar-refractivity contribution in [2.75, 3.05) is 12.4 Å². The second kappa shape index (κ2) is 6.22. The number of benzene rings is 2. The maximum Gasteiger partial charge on any atom is 0.411 e. The Labute approximate surface area is 123 Å². The molecule has 0 bridgehead atoms. The van der Waals surface area contributed by atoms with Gasteiger partial charge in [0.15, 0.2) is 5.78 Å². The lowest BCUT2D eigenvalue weighted by atomic mass is 9.96. The Kier molecular flexibility index (Phi) is 4.38. The minimum absolute atomic E-state index is 0.0270. The first-order valence-electron chi connectivity index (χ1n) is 6.59. The van der Waals surface area contributed by atoms with E-state index in [9.17, 15) is 9.59 Å². The summed E-state index contributed by atoms with van der Waals surface area (Å²) in [5.41, 5.74) is 3.54. The van der Waals surface area contributed by atoms with E-state index >= 15 is 0 Å². The fourth-order valence-electron chi connectivity index (χ4n) is 2.10. The lowest BCUT2D eigenvalue weighted by Crippen LogP contribution is -2.13. The molecule has 4 heteroatoms. The number of rotatable bonds is 3. The van der Waals surface area contributed by atoms with Gasteiger partial charge in [-0.3, -0.25) is 10.1 Å². The van der Waals surface area contributed by atoms with E-state index in [4.69, 9.17) is 0 Å². The van der Waals surface area contributed by atoms with E-state index in [0.29, 0.717) is 16.8 Å². The molecule has 0 saturated heterocycles. The van der Waals surface area contributed by atoms with Gasteiger partial charge >= 0.3 is 6.09 Å². The average Bonchev–Trinajstić information content (AvgIpc) is 2.50. The molecular weight excluding hydrogens is 266 g/mol. The predicted octanol–water partition coefficient (Wildman–Crippen LogP) is 3.71. The number of amides is 1. The third-order valence-corrected chi connectivity index (χ3v) is 3.27. The quantitative estimate of drug-likeness (QED) is 0.874. The zero-order valence-corrected chi connectivity index (χ0v) is 12.3. The van der Waals surface area contributed by atoms with Crippen molar-refractivity contribution in [2.45, 2.75) is 13.8 Å². The van der Waals surface area contributed by atoms with Gasteiger partial charge in [-0.25, -0.2) is 4.79 Å². The van der Waals surface area contributed by atoms with E-state index in [1.54, 1.807) is 24.3 Å². The number of nitrogens with one attached hydrogen (secondary N) is 1. The first kappa shape index (κ1) is 14.8. The van der Waals surface area contributed by atoms with Crippen LogP contribution in [0.3, 0.4) is 0 Å². The van der Waals surface area contributed by atoms with Crippen LogP contribution in [0.15, 0.2) is 42.5 Å². The van der Waals surface area contributed by atoms with Crippen LogP contribution in [-0.4, -0.2) is 19.0 Å². The van der Waals surface area contributed by atoms with Crippen molar-refractivity contribution >= 4 is 17.6 Å². The molecular formula is C17H17NO3. The summed E-state index contributed by atoms with van der Waals surface area (Å²) in [5.74, 6) is -0.0270. The summed E-state index contributed by atoms with van der Waals surface area (Å²) in [6.45, 7) is 3.69. The normalized spacial score (nSPS) is 10.0. The van der Waals surface area contributed by atoms with Gasteiger partial charge < -0.3 is 4.74 Å². The molecule has 2 aromatic rings. The molecule has 0 heterocycles. The second-order valence-corrected chi connectivity index (χ2v) is 4.79. The second-order valence-electron chi connectivity index (χ2n) is 4.79. The minimum atomic E-state index is -0.528. The number of aryl methyl sites for hydroxylation is 2. The lowest BCUT2D eigenvalue weighted by Gasteiger charge is -2.12. The zero-order valence-electron chi connectivity index (χ0n) is 12.3. The molecule has 0 unspecified atom stereocenters. The molecule has 108 valence electrons. The third-order valence-electron chi connectivity index (χ3n) is 3.27. The van der Waals surface area contributed by atoms with Crippen molar-refractivity contribution in [1.82, 2.24) is 0 Å². The van der Waals surface area contributed by atoms with Gasteiger partial charge in [-0.1, -0.05) is 30.3 Å². The van der Waals surface area contributed by atoms with Crippen molar-refractivity contribution in [3.05, 3.63) is 64.7 Å². The van der Waals surface area contributed by atoms with Crippen molar-refractivity contribution in [2.24, 2.45) is 0 Å². The molecule has 21 heavy (non-hydrogen) atoms. The number of carbonyl (C=O) groups is 2. The Morgan fingerprint density at radius 2 is 1.67 bits per heavy atom. The Morgan fingerprint density at radius 1 is 1.00 bits per heavy atom. The molecule has 2 aromatic carbocycles. The SMILES string of the molecule is COC(=O)Nc1cc(C)c(C(=O)c2ccccc2)cc1C. The molecule has 0 aliphatic rings. The van der Waals surface area contributed by atoms with E-state index in [1.165, 1.54) is 7.11 Å². The summed E-state index contributed by atoms with van der Waals surface area (Å²) >= 11 is 0. The smallest absolute Gasteiger partial charge is 0.411 e. The van der Waals surface area contributed by atoms with Gasteiger partial charge in [0.25, 0.3) is 0 Å². The van der Waals surface area contributed by atoms with E-state index in [-0.39, 0.29) is 5.78 Å². The number of carbonyl (C=O) groups excluding carboxylic acids is 2. The molecule has 0 aromatic heterocycles. The minimum Gasteiger partial charge on any atom is -0.453 e. The van der Waals surface area contributed by atoms with E-state index in [1.807, 2.05) is 32.0 Å². The topological polar surface area (TPSA) is 55.4 Å². The number of ketones is 1. The monoisotopic (exact) mass is 283 g/mol. The Balaban J connectivity index is 2.36. The molecule has 0 aliphatic heterocycles. The van der Waals surface area contributed by atoms with Crippen LogP contribution in [0.4, 0.5) is 10.5 Å². The predicted molar refractivity (Wildman–Crippen MR) is 81.8 cm³/mol. The Hall–Kier alpha value is -2.62. The molecule has 0 atom stereocenters. The van der Waals surface area contributed by atoms with Crippen LogP contribution in [0.2, 0.25) is 0 Å². The zero-order chi connectivity index (χ0) is 15.4. The van der Waals surface area contributed by atoms with Gasteiger partial charge in [-0.05, 0) is 37.1 Å². The average molecular weight is 283 g/mol. The third kappa shape index (κ3) is 3.28. The summed E-state index contributed by atoms with van der Waals surface area (Å²) in [6, 6.07) is 12.7. The summed E-state index contributed by atoms with van der Waals surface area (Å²) in [5, 5.41) is 2.63. The molecule has 0 aliphatic carbocycles. The van der Waals surface area contributed by atoms with Gasteiger partial charge in [0.2, 0.25) is 0 Å². The van der Waals surface area contributed by atoms with Crippen LogP contribution in [0.25, 0.3) is 0 Å². The maximum absolute atomic E-state index is 12.5. The van der Waals surface area contributed by atoms with Crippen molar-refractivity contribution < 1.29 is 14.3 Å². The molecule has 0 fully saturated rings. The Morgan fingerprint density at radius 3 is 2.29 bits per heavy atom. The number of ether oxygens (including phenoxy) is 1. The standard InChI is InChI=1S/C17H17NO3/c1-11-10-15(18-17(20)21-3)12(2)9-14(11)16(19)13-7-5-4-6-8-13/h4-10H,1-3H3,(H,18,20). The molecule has 0 radical (unpaired) electrons. The fourth-order valence-corrected chi connectivity index (χ4v) is 2.10. The van der Waals surface area contributed by atoms with E-state index in [2.05, 4.69) is 10.1 Å². The highest BCUT2D eigenvalue weighted by molar-refractivity contribution is 6.10. The number of hydrogen-bond acceptors (Lipinski definition) is 3.